The van der Waals surface area contributed by atoms with Crippen LogP contribution >= 0.6 is 0 Å². The average molecular weight is 264 g/mol. The molecule has 6 nitrogen and oxygen atoms in total. The van der Waals surface area contributed by atoms with Crippen molar-refractivity contribution in [1.29, 1.82) is 0 Å². The first-order chi connectivity index (χ1) is 9.17. The number of carbonyl (C=O) groups excluding carboxylic acids is 1. The molecule has 104 valence electrons. The van der Waals surface area contributed by atoms with E-state index in [0.717, 1.165) is 18.5 Å². The number of aliphatic hydroxyl groups excluding tert-OH is 1. The van der Waals surface area contributed by atoms with Gasteiger partial charge in [0.1, 0.15) is 5.82 Å². The van der Waals surface area contributed by atoms with E-state index < -0.39 is 0 Å². The number of anilines is 1. The van der Waals surface area contributed by atoms with Crippen LogP contribution in [0.5, 0.6) is 0 Å². The molecule has 1 amide bonds. The molecule has 0 aliphatic carbocycles. The third kappa shape index (κ3) is 3.02. The quantitative estimate of drug-likeness (QED) is 0.540. The number of aryl methyl sites for hydroxylation is 1. The van der Waals surface area contributed by atoms with Crippen molar-refractivity contribution in [2.24, 2.45) is 11.8 Å². The molecule has 1 fully saturated rings. The number of nitrogens with zero attached hydrogens (tertiary/aromatic N) is 2. The van der Waals surface area contributed by atoms with Crippen LogP contribution in [-0.4, -0.2) is 40.6 Å². The summed E-state index contributed by atoms with van der Waals surface area (Å²) in [4.78, 5) is 18.4. The molecule has 4 N–H and O–H groups in total. The molecule has 1 aliphatic rings. The molecule has 1 aliphatic heterocycles. The first kappa shape index (κ1) is 13.8. The number of aliphatic hydroxyl groups is 1. The Labute approximate surface area is 112 Å². The molecule has 0 saturated carbocycles. The van der Waals surface area contributed by atoms with Crippen molar-refractivity contribution >= 4 is 11.7 Å². The lowest BCUT2D eigenvalue weighted by Crippen LogP contribution is -2.29. The van der Waals surface area contributed by atoms with Crippen molar-refractivity contribution in [3.8, 4) is 0 Å². The van der Waals surface area contributed by atoms with Crippen LogP contribution in [0.25, 0.3) is 0 Å². The zero-order valence-corrected chi connectivity index (χ0v) is 11.1. The minimum atomic E-state index is -0.0236. The maximum atomic E-state index is 12.4. The Morgan fingerprint density at radius 1 is 1.63 bits per heavy atom. The van der Waals surface area contributed by atoms with Crippen LogP contribution in [0.2, 0.25) is 0 Å². The predicted octanol–water partition coefficient (Wildman–Crippen LogP) is 0.384. The molecule has 19 heavy (non-hydrogen) atoms. The van der Waals surface area contributed by atoms with Crippen LogP contribution in [0, 0.1) is 5.92 Å². The third-order valence-electron chi connectivity index (χ3n) is 3.47. The summed E-state index contributed by atoms with van der Waals surface area (Å²) in [5.74, 6) is 6.04. The van der Waals surface area contributed by atoms with E-state index in [1.807, 2.05) is 6.92 Å². The van der Waals surface area contributed by atoms with Crippen LogP contribution < -0.4 is 11.3 Å². The van der Waals surface area contributed by atoms with Gasteiger partial charge in [0.05, 0.1) is 0 Å². The van der Waals surface area contributed by atoms with Gasteiger partial charge in [-0.15, -0.1) is 0 Å². The van der Waals surface area contributed by atoms with Crippen LogP contribution in [0.4, 0.5) is 5.82 Å². The van der Waals surface area contributed by atoms with Crippen molar-refractivity contribution in [2.45, 2.75) is 19.8 Å². The predicted molar refractivity (Wildman–Crippen MR) is 72.5 cm³/mol. The summed E-state index contributed by atoms with van der Waals surface area (Å²) in [6, 6.07) is 3.46. The number of likely N-dealkylation sites (tertiary alicyclic amines) is 1. The van der Waals surface area contributed by atoms with Gasteiger partial charge in [-0.1, -0.05) is 6.92 Å². The molecule has 0 bridgehead atoms. The van der Waals surface area contributed by atoms with Gasteiger partial charge in [-0.3, -0.25) is 4.79 Å². The van der Waals surface area contributed by atoms with Gasteiger partial charge in [-0.05, 0) is 25.0 Å². The first-order valence-corrected chi connectivity index (χ1v) is 6.55. The normalized spacial score (nSPS) is 18.7. The summed E-state index contributed by atoms with van der Waals surface area (Å²) < 4.78 is 0. The maximum absolute atomic E-state index is 12.4. The molecule has 1 unspecified atom stereocenters. The third-order valence-corrected chi connectivity index (χ3v) is 3.47. The van der Waals surface area contributed by atoms with E-state index in [4.69, 9.17) is 10.9 Å². The van der Waals surface area contributed by atoms with Crippen molar-refractivity contribution in [3.63, 3.8) is 0 Å². The Kier molecular flexibility index (Phi) is 4.34. The first-order valence-electron chi connectivity index (χ1n) is 6.55. The lowest BCUT2D eigenvalue weighted by atomic mass is 10.1. The number of nitrogens with one attached hydrogen (secondary N) is 1. The lowest BCUT2D eigenvalue weighted by Gasteiger charge is -2.17. The van der Waals surface area contributed by atoms with Crippen molar-refractivity contribution in [1.82, 2.24) is 9.88 Å². The Morgan fingerprint density at radius 3 is 3.00 bits per heavy atom. The van der Waals surface area contributed by atoms with Gasteiger partial charge in [0.2, 0.25) is 0 Å². The van der Waals surface area contributed by atoms with Gasteiger partial charge in [-0.25, -0.2) is 10.8 Å². The van der Waals surface area contributed by atoms with E-state index in [1.54, 1.807) is 17.0 Å². The minimum absolute atomic E-state index is 0.0236. The van der Waals surface area contributed by atoms with E-state index in [0.29, 0.717) is 24.5 Å². The molecular formula is C13H20N4O2. The summed E-state index contributed by atoms with van der Waals surface area (Å²) in [5, 5.41) is 9.13. The van der Waals surface area contributed by atoms with Gasteiger partial charge in [-0.2, -0.15) is 0 Å². The molecule has 2 rings (SSSR count). The number of hydrogen-bond acceptors (Lipinski definition) is 5. The number of carbonyl (C=O) groups is 1. The second kappa shape index (κ2) is 5.99. The fourth-order valence-electron chi connectivity index (χ4n) is 2.31. The van der Waals surface area contributed by atoms with Crippen LogP contribution in [0.3, 0.4) is 0 Å². The van der Waals surface area contributed by atoms with Crippen LogP contribution in [0.1, 0.15) is 29.4 Å². The van der Waals surface area contributed by atoms with E-state index in [1.165, 1.54) is 0 Å². The molecule has 1 aromatic heterocycles. The Bertz CT molecular complexity index is 442. The van der Waals surface area contributed by atoms with Gasteiger partial charge < -0.3 is 15.4 Å². The number of pyridine rings is 1. The fourth-order valence-corrected chi connectivity index (χ4v) is 2.31. The largest absolute Gasteiger partial charge is 0.396 e. The molecule has 0 radical (unpaired) electrons. The number of hydrazine groups is 1. The summed E-state index contributed by atoms with van der Waals surface area (Å²) in [6.45, 7) is 3.42. The lowest BCUT2D eigenvalue weighted by molar-refractivity contribution is 0.0781. The zero-order chi connectivity index (χ0) is 13.8. The second-order valence-electron chi connectivity index (χ2n) is 4.82. The molecule has 2 heterocycles. The molecular weight excluding hydrogens is 244 g/mol. The molecule has 1 atom stereocenters. The zero-order valence-electron chi connectivity index (χ0n) is 11.1. The van der Waals surface area contributed by atoms with E-state index >= 15 is 0 Å². The average Bonchev–Trinajstić information content (AvgIpc) is 2.94. The number of aromatic nitrogens is 1. The van der Waals surface area contributed by atoms with Gasteiger partial charge in [0, 0.05) is 36.9 Å². The van der Waals surface area contributed by atoms with E-state index in [9.17, 15) is 4.79 Å². The van der Waals surface area contributed by atoms with Gasteiger partial charge in [0.15, 0.2) is 0 Å². The molecule has 6 heteroatoms. The number of rotatable bonds is 4. The highest BCUT2D eigenvalue weighted by atomic mass is 16.3. The minimum Gasteiger partial charge on any atom is -0.396 e. The van der Waals surface area contributed by atoms with E-state index in [2.05, 4.69) is 10.4 Å². The summed E-state index contributed by atoms with van der Waals surface area (Å²) in [7, 11) is 0. The standard InChI is InChI=1S/C13H20N4O2/c1-2-11-5-10(6-12(15-11)16-14)13(19)17-4-3-9(7-17)8-18/h5-6,9,18H,2-4,7-8,14H2,1H3,(H,15,16). The maximum Gasteiger partial charge on any atom is 0.254 e. The van der Waals surface area contributed by atoms with Crippen LogP contribution in [0.15, 0.2) is 12.1 Å². The number of amides is 1. The fraction of sp³-hybridized carbons (Fsp3) is 0.538. The van der Waals surface area contributed by atoms with Crippen LogP contribution in [-0.2, 0) is 6.42 Å². The van der Waals surface area contributed by atoms with Gasteiger partial charge in [0.25, 0.3) is 5.91 Å². The Hall–Kier alpha value is -1.66. The highest BCUT2D eigenvalue weighted by Crippen LogP contribution is 2.19. The van der Waals surface area contributed by atoms with Crippen molar-refractivity contribution < 1.29 is 9.90 Å². The number of nitrogen functional groups attached to an aromatic ring is 1. The number of hydrogen-bond donors (Lipinski definition) is 3. The highest BCUT2D eigenvalue weighted by molar-refractivity contribution is 5.95. The van der Waals surface area contributed by atoms with Gasteiger partial charge >= 0.3 is 0 Å². The van der Waals surface area contributed by atoms with E-state index in [-0.39, 0.29) is 18.4 Å². The summed E-state index contributed by atoms with van der Waals surface area (Å²) in [5.41, 5.74) is 3.91. The molecule has 1 aromatic rings. The van der Waals surface area contributed by atoms with Crippen molar-refractivity contribution in [3.05, 3.63) is 23.4 Å². The topological polar surface area (TPSA) is 91.5 Å². The number of nitrogens with two attached hydrogens (primary N) is 1. The van der Waals surface area contributed by atoms with Crippen molar-refractivity contribution in [2.75, 3.05) is 25.1 Å². The summed E-state index contributed by atoms with van der Waals surface area (Å²) >= 11 is 0. The SMILES string of the molecule is CCc1cc(C(=O)N2CCC(CO)C2)cc(NN)n1. The summed E-state index contributed by atoms with van der Waals surface area (Å²) in [6.07, 6.45) is 1.60. The smallest absolute Gasteiger partial charge is 0.254 e. The highest BCUT2D eigenvalue weighted by Gasteiger charge is 2.26. The second-order valence-corrected chi connectivity index (χ2v) is 4.82. The Balaban J connectivity index is 2.19. The molecule has 0 spiro atoms. The molecule has 0 aromatic carbocycles. The monoisotopic (exact) mass is 264 g/mol. The molecule has 1 saturated heterocycles. The Morgan fingerprint density at radius 2 is 2.42 bits per heavy atom.